The van der Waals surface area contributed by atoms with Crippen LogP contribution in [0, 0.1) is 0 Å². The molecule has 0 aliphatic carbocycles. The maximum atomic E-state index is 12.7. The van der Waals surface area contributed by atoms with Crippen molar-refractivity contribution in [1.29, 1.82) is 0 Å². The van der Waals surface area contributed by atoms with Crippen molar-refractivity contribution in [2.75, 3.05) is 18.6 Å². The highest BCUT2D eigenvalue weighted by Crippen LogP contribution is 2.24. The van der Waals surface area contributed by atoms with Crippen LogP contribution in [0.25, 0.3) is 0 Å². The van der Waals surface area contributed by atoms with Gasteiger partial charge in [-0.25, -0.2) is 8.42 Å². The molecule has 0 aromatic heterocycles. The first-order valence-corrected chi connectivity index (χ1v) is 9.06. The molecule has 0 radical (unpaired) electrons. The minimum absolute atomic E-state index is 0.452. The Morgan fingerprint density at radius 3 is 2.35 bits per heavy atom. The number of halogens is 1. The topological polar surface area (TPSA) is 66.5 Å². The molecule has 2 rings (SSSR count). The highest BCUT2D eigenvalue weighted by Gasteiger charge is 2.30. The van der Waals surface area contributed by atoms with Crippen LogP contribution in [0.5, 0.6) is 0 Å². The first-order valence-electron chi connectivity index (χ1n) is 6.83. The fraction of sp³-hybridized carbons (Fsp3) is 0.188. The van der Waals surface area contributed by atoms with Gasteiger partial charge in [0.05, 0.1) is 6.26 Å². The monoisotopic (exact) mass is 352 g/mol. The summed E-state index contributed by atoms with van der Waals surface area (Å²) in [5.41, 5.74) is 1.09. The van der Waals surface area contributed by atoms with Gasteiger partial charge in [0.1, 0.15) is 6.04 Å². The minimum atomic E-state index is -3.55. The van der Waals surface area contributed by atoms with E-state index in [2.05, 4.69) is 5.32 Å². The molecule has 1 N–H and O–H groups in total. The van der Waals surface area contributed by atoms with Gasteiger partial charge in [0.25, 0.3) is 0 Å². The van der Waals surface area contributed by atoms with Gasteiger partial charge in [-0.15, -0.1) is 0 Å². The molecular formula is C16H17ClN2O3S. The van der Waals surface area contributed by atoms with Crippen LogP contribution in [0.4, 0.5) is 5.69 Å². The maximum absolute atomic E-state index is 12.7. The van der Waals surface area contributed by atoms with Crippen LogP contribution >= 0.6 is 11.6 Å². The van der Waals surface area contributed by atoms with Gasteiger partial charge in [-0.3, -0.25) is 4.79 Å². The van der Waals surface area contributed by atoms with Crippen molar-refractivity contribution in [3.05, 3.63) is 65.2 Å². The second kappa shape index (κ2) is 7.12. The Morgan fingerprint density at radius 1 is 1.13 bits per heavy atom. The third kappa shape index (κ3) is 4.54. The molecule has 1 atom stereocenters. The van der Waals surface area contributed by atoms with E-state index in [9.17, 15) is 13.2 Å². The van der Waals surface area contributed by atoms with E-state index in [1.807, 2.05) is 0 Å². The Kier molecular flexibility index (Phi) is 5.41. The Hall–Kier alpha value is -1.89. The van der Waals surface area contributed by atoms with E-state index in [4.69, 9.17) is 11.6 Å². The number of hydrogen-bond acceptors (Lipinski definition) is 3. The molecule has 23 heavy (non-hydrogen) atoms. The zero-order valence-electron chi connectivity index (χ0n) is 12.7. The molecule has 5 nitrogen and oxygen atoms in total. The predicted molar refractivity (Wildman–Crippen MR) is 91.9 cm³/mol. The third-order valence-electron chi connectivity index (χ3n) is 3.34. The van der Waals surface area contributed by atoms with Crippen LogP contribution < -0.4 is 5.32 Å². The molecule has 2 aromatic rings. The molecular weight excluding hydrogens is 336 g/mol. The summed E-state index contributed by atoms with van der Waals surface area (Å²) < 4.78 is 24.8. The lowest BCUT2D eigenvalue weighted by molar-refractivity contribution is -0.119. The van der Waals surface area contributed by atoms with Gasteiger partial charge in [-0.05, 0) is 23.8 Å². The van der Waals surface area contributed by atoms with Crippen LogP contribution in [-0.2, 0) is 14.8 Å². The van der Waals surface area contributed by atoms with Gasteiger partial charge in [0, 0.05) is 17.8 Å². The Morgan fingerprint density at radius 2 is 1.78 bits per heavy atom. The summed E-state index contributed by atoms with van der Waals surface area (Å²) in [7, 11) is -2.17. The zero-order valence-corrected chi connectivity index (χ0v) is 14.3. The SMILES string of the molecule is CN([C@@H](C(=O)Nc1cccc(Cl)c1)c1ccccc1)S(C)(=O)=O. The minimum Gasteiger partial charge on any atom is -0.324 e. The smallest absolute Gasteiger partial charge is 0.247 e. The number of carbonyl (C=O) groups excluding carboxylic acids is 1. The number of sulfonamides is 1. The van der Waals surface area contributed by atoms with Crippen molar-refractivity contribution < 1.29 is 13.2 Å². The van der Waals surface area contributed by atoms with Crippen LogP contribution in [0.3, 0.4) is 0 Å². The molecule has 0 heterocycles. The number of rotatable bonds is 5. The molecule has 122 valence electrons. The van der Waals surface area contributed by atoms with Crippen LogP contribution in [0.15, 0.2) is 54.6 Å². The lowest BCUT2D eigenvalue weighted by Crippen LogP contribution is -2.38. The Labute approximate surface area is 140 Å². The van der Waals surface area contributed by atoms with Crippen LogP contribution in [-0.4, -0.2) is 31.9 Å². The van der Waals surface area contributed by atoms with E-state index >= 15 is 0 Å². The van der Waals surface area contributed by atoms with Gasteiger partial charge in [-0.1, -0.05) is 48.0 Å². The Bertz CT molecular complexity index is 794. The molecule has 0 bridgehead atoms. The summed E-state index contributed by atoms with van der Waals surface area (Å²) in [5.74, 6) is -0.452. The first kappa shape index (κ1) is 17.5. The average molecular weight is 353 g/mol. The van der Waals surface area contributed by atoms with Crippen molar-refractivity contribution in [3.63, 3.8) is 0 Å². The number of nitrogens with one attached hydrogen (secondary N) is 1. The molecule has 0 saturated carbocycles. The molecule has 0 aliphatic heterocycles. The average Bonchev–Trinajstić information content (AvgIpc) is 2.47. The molecule has 0 saturated heterocycles. The number of amides is 1. The standard InChI is InChI=1S/C16H17ClN2O3S/c1-19(23(2,21)22)15(12-7-4-3-5-8-12)16(20)18-14-10-6-9-13(17)11-14/h3-11,15H,1-2H3,(H,18,20)/t15-/m1/s1. The van der Waals surface area contributed by atoms with E-state index in [-0.39, 0.29) is 0 Å². The summed E-state index contributed by atoms with van der Waals surface area (Å²) in [5, 5.41) is 3.19. The van der Waals surface area contributed by atoms with Crippen molar-refractivity contribution in [3.8, 4) is 0 Å². The second-order valence-electron chi connectivity index (χ2n) is 5.09. The van der Waals surface area contributed by atoms with Gasteiger partial charge < -0.3 is 5.32 Å². The highest BCUT2D eigenvalue weighted by molar-refractivity contribution is 7.88. The molecule has 2 aromatic carbocycles. The number of likely N-dealkylation sites (N-methyl/N-ethyl adjacent to an activating group) is 1. The van der Waals surface area contributed by atoms with Crippen molar-refractivity contribution in [1.82, 2.24) is 4.31 Å². The van der Waals surface area contributed by atoms with E-state index in [1.54, 1.807) is 54.6 Å². The van der Waals surface area contributed by atoms with E-state index < -0.39 is 22.0 Å². The largest absolute Gasteiger partial charge is 0.324 e. The van der Waals surface area contributed by atoms with Crippen LogP contribution in [0.1, 0.15) is 11.6 Å². The van der Waals surface area contributed by atoms with Gasteiger partial charge in [0.2, 0.25) is 15.9 Å². The van der Waals surface area contributed by atoms with E-state index in [0.717, 1.165) is 10.6 Å². The molecule has 0 fully saturated rings. The summed E-state index contributed by atoms with van der Waals surface area (Å²) >= 11 is 5.90. The van der Waals surface area contributed by atoms with Crippen molar-refractivity contribution in [2.45, 2.75) is 6.04 Å². The molecule has 0 unspecified atom stereocenters. The third-order valence-corrected chi connectivity index (χ3v) is 4.83. The number of anilines is 1. The fourth-order valence-corrected chi connectivity index (χ4v) is 2.92. The lowest BCUT2D eigenvalue weighted by atomic mass is 10.1. The van der Waals surface area contributed by atoms with Gasteiger partial charge in [-0.2, -0.15) is 4.31 Å². The zero-order chi connectivity index (χ0) is 17.0. The summed E-state index contributed by atoms with van der Waals surface area (Å²) in [6, 6.07) is 14.4. The van der Waals surface area contributed by atoms with E-state index in [1.165, 1.54) is 7.05 Å². The molecule has 0 spiro atoms. The number of benzene rings is 2. The van der Waals surface area contributed by atoms with Gasteiger partial charge >= 0.3 is 0 Å². The summed E-state index contributed by atoms with van der Waals surface area (Å²) in [4.78, 5) is 12.7. The van der Waals surface area contributed by atoms with Crippen molar-refractivity contribution >= 4 is 33.2 Å². The van der Waals surface area contributed by atoms with Gasteiger partial charge in [0.15, 0.2) is 0 Å². The first-order chi connectivity index (χ1) is 10.8. The quantitative estimate of drug-likeness (QED) is 0.899. The summed E-state index contributed by atoms with van der Waals surface area (Å²) in [6.07, 6.45) is 1.07. The summed E-state index contributed by atoms with van der Waals surface area (Å²) in [6.45, 7) is 0. The number of nitrogens with zero attached hydrogens (tertiary/aromatic N) is 1. The highest BCUT2D eigenvalue weighted by atomic mass is 35.5. The molecule has 1 amide bonds. The van der Waals surface area contributed by atoms with Crippen LogP contribution in [0.2, 0.25) is 5.02 Å². The second-order valence-corrected chi connectivity index (χ2v) is 7.57. The van der Waals surface area contributed by atoms with Crippen molar-refractivity contribution in [2.24, 2.45) is 0 Å². The number of hydrogen-bond donors (Lipinski definition) is 1. The maximum Gasteiger partial charge on any atom is 0.247 e. The lowest BCUT2D eigenvalue weighted by Gasteiger charge is -2.25. The Balaban J connectivity index is 2.35. The molecule has 0 aliphatic rings. The number of carbonyl (C=O) groups is 1. The fourth-order valence-electron chi connectivity index (χ4n) is 2.13. The molecule has 7 heteroatoms. The predicted octanol–water partition coefficient (Wildman–Crippen LogP) is 2.91. The normalized spacial score (nSPS) is 12.9. The van der Waals surface area contributed by atoms with E-state index in [0.29, 0.717) is 16.3 Å².